The van der Waals surface area contributed by atoms with Crippen molar-refractivity contribution in [2.75, 3.05) is 6.54 Å². The predicted molar refractivity (Wildman–Crippen MR) is 75.8 cm³/mol. The van der Waals surface area contributed by atoms with Crippen molar-refractivity contribution in [3.05, 3.63) is 34.1 Å². The molecule has 2 nitrogen and oxygen atoms in total. The first-order chi connectivity index (χ1) is 8.60. The highest BCUT2D eigenvalue weighted by atomic mass is 79.9. The van der Waals surface area contributed by atoms with Crippen LogP contribution < -0.4 is 5.73 Å². The number of benzene rings is 1. The molecule has 1 saturated heterocycles. The van der Waals surface area contributed by atoms with Crippen molar-refractivity contribution in [1.82, 2.24) is 4.90 Å². The van der Waals surface area contributed by atoms with E-state index in [9.17, 15) is 4.39 Å². The molecule has 2 N–H and O–H groups in total. The number of rotatable bonds is 3. The van der Waals surface area contributed by atoms with Gasteiger partial charge in [0.15, 0.2) is 0 Å². The molecular weight excluding hydrogens is 295 g/mol. The van der Waals surface area contributed by atoms with Crippen LogP contribution in [0.15, 0.2) is 22.7 Å². The molecule has 0 spiro atoms. The maximum atomic E-state index is 13.4. The first kappa shape index (κ1) is 14.0. The molecule has 1 aliphatic rings. The van der Waals surface area contributed by atoms with Crippen LogP contribution in [0.25, 0.3) is 0 Å². The quantitative estimate of drug-likeness (QED) is 0.927. The Hall–Kier alpha value is -0.450. The molecule has 0 aromatic heterocycles. The van der Waals surface area contributed by atoms with Gasteiger partial charge in [0.1, 0.15) is 5.82 Å². The number of likely N-dealkylation sites (tertiary alicyclic amines) is 1. The minimum atomic E-state index is -0.187. The van der Waals surface area contributed by atoms with E-state index in [1.807, 2.05) is 6.07 Å². The third kappa shape index (κ3) is 3.31. The third-order valence-electron chi connectivity index (χ3n) is 3.75. The zero-order chi connectivity index (χ0) is 13.1. The lowest BCUT2D eigenvalue weighted by Gasteiger charge is -2.40. The molecule has 2 atom stereocenters. The Labute approximate surface area is 116 Å². The number of hydrogen-bond donors (Lipinski definition) is 1. The van der Waals surface area contributed by atoms with E-state index in [1.165, 1.54) is 18.9 Å². The number of nitrogens with zero attached hydrogens (tertiary/aromatic N) is 1. The lowest BCUT2D eigenvalue weighted by atomic mass is 9.95. The molecule has 100 valence electrons. The molecule has 1 heterocycles. The molecule has 4 heteroatoms. The fourth-order valence-electron chi connectivity index (χ4n) is 2.79. The van der Waals surface area contributed by atoms with Crippen LogP contribution in [-0.4, -0.2) is 23.5 Å². The van der Waals surface area contributed by atoms with E-state index < -0.39 is 0 Å². The smallest absolute Gasteiger partial charge is 0.124 e. The van der Waals surface area contributed by atoms with Crippen molar-refractivity contribution < 1.29 is 4.39 Å². The Bertz CT molecular complexity index is 391. The molecule has 18 heavy (non-hydrogen) atoms. The highest BCUT2D eigenvalue weighted by Gasteiger charge is 2.26. The molecule has 0 bridgehead atoms. The van der Waals surface area contributed by atoms with Crippen LogP contribution in [0.5, 0.6) is 0 Å². The molecule has 1 aliphatic heterocycles. The highest BCUT2D eigenvalue weighted by molar-refractivity contribution is 9.10. The van der Waals surface area contributed by atoms with Gasteiger partial charge in [-0.1, -0.05) is 22.4 Å². The maximum absolute atomic E-state index is 13.4. The van der Waals surface area contributed by atoms with Gasteiger partial charge in [-0.15, -0.1) is 0 Å². The van der Waals surface area contributed by atoms with Crippen molar-refractivity contribution >= 4 is 15.9 Å². The Morgan fingerprint density at radius 3 is 2.83 bits per heavy atom. The molecule has 1 aromatic carbocycles. The van der Waals surface area contributed by atoms with Gasteiger partial charge in [-0.3, -0.25) is 4.90 Å². The molecule has 0 amide bonds. The average molecular weight is 315 g/mol. The maximum Gasteiger partial charge on any atom is 0.124 e. The summed E-state index contributed by atoms with van der Waals surface area (Å²) >= 11 is 3.34. The Kier molecular flexibility index (Phi) is 4.76. The first-order valence-corrected chi connectivity index (χ1v) is 7.30. The van der Waals surface area contributed by atoms with Crippen molar-refractivity contribution in [2.24, 2.45) is 5.73 Å². The number of nitrogens with two attached hydrogens (primary N) is 1. The fourth-order valence-corrected chi connectivity index (χ4v) is 3.30. The second kappa shape index (κ2) is 6.13. The molecule has 1 aromatic rings. The van der Waals surface area contributed by atoms with Gasteiger partial charge >= 0.3 is 0 Å². The van der Waals surface area contributed by atoms with Crippen LogP contribution in [0.1, 0.15) is 31.7 Å². The van der Waals surface area contributed by atoms with Gasteiger partial charge in [0, 0.05) is 29.6 Å². The van der Waals surface area contributed by atoms with Gasteiger partial charge in [-0.05, 0) is 43.5 Å². The molecule has 1 fully saturated rings. The van der Waals surface area contributed by atoms with E-state index in [0.717, 1.165) is 23.0 Å². The predicted octanol–water partition coefficient (Wildman–Crippen LogP) is 3.29. The Morgan fingerprint density at radius 1 is 1.39 bits per heavy atom. The van der Waals surface area contributed by atoms with Crippen molar-refractivity contribution in [3.63, 3.8) is 0 Å². The SMILES string of the molecule is CC1CCCC(CN)N1Cc1cc(F)cc(Br)c1. The molecule has 2 rings (SSSR count). The largest absolute Gasteiger partial charge is 0.329 e. The molecule has 0 saturated carbocycles. The lowest BCUT2D eigenvalue weighted by molar-refractivity contribution is 0.0891. The highest BCUT2D eigenvalue weighted by Crippen LogP contribution is 2.25. The summed E-state index contributed by atoms with van der Waals surface area (Å²) in [5, 5.41) is 0. The second-order valence-corrected chi connectivity index (χ2v) is 6.04. The van der Waals surface area contributed by atoms with E-state index in [1.54, 1.807) is 6.07 Å². The zero-order valence-electron chi connectivity index (χ0n) is 10.7. The van der Waals surface area contributed by atoms with E-state index in [2.05, 4.69) is 27.8 Å². The van der Waals surface area contributed by atoms with E-state index in [-0.39, 0.29) is 5.82 Å². The van der Waals surface area contributed by atoms with Gasteiger partial charge < -0.3 is 5.73 Å². The van der Waals surface area contributed by atoms with Crippen LogP contribution in [0.4, 0.5) is 4.39 Å². The summed E-state index contributed by atoms with van der Waals surface area (Å²) in [5.74, 6) is -0.187. The van der Waals surface area contributed by atoms with Crippen LogP contribution in [-0.2, 0) is 6.54 Å². The Balaban J connectivity index is 2.14. The third-order valence-corrected chi connectivity index (χ3v) is 4.21. The first-order valence-electron chi connectivity index (χ1n) is 6.51. The topological polar surface area (TPSA) is 29.3 Å². The summed E-state index contributed by atoms with van der Waals surface area (Å²) in [6.45, 7) is 3.69. The second-order valence-electron chi connectivity index (χ2n) is 5.12. The summed E-state index contributed by atoms with van der Waals surface area (Å²) in [5.41, 5.74) is 6.85. The average Bonchev–Trinajstić information content (AvgIpc) is 2.30. The van der Waals surface area contributed by atoms with E-state index in [4.69, 9.17) is 5.73 Å². The van der Waals surface area contributed by atoms with Gasteiger partial charge in [0.05, 0.1) is 0 Å². The number of piperidine rings is 1. The van der Waals surface area contributed by atoms with Crippen molar-refractivity contribution in [2.45, 2.75) is 44.8 Å². The Morgan fingerprint density at radius 2 is 2.17 bits per heavy atom. The number of halogens is 2. The summed E-state index contributed by atoms with van der Waals surface area (Å²) in [6.07, 6.45) is 3.59. The van der Waals surface area contributed by atoms with E-state index >= 15 is 0 Å². The van der Waals surface area contributed by atoms with Gasteiger partial charge in [-0.25, -0.2) is 4.39 Å². The molecular formula is C14H20BrFN2. The number of hydrogen-bond acceptors (Lipinski definition) is 2. The summed E-state index contributed by atoms with van der Waals surface area (Å²) < 4.78 is 14.2. The van der Waals surface area contributed by atoms with Gasteiger partial charge in [-0.2, -0.15) is 0 Å². The van der Waals surface area contributed by atoms with Crippen molar-refractivity contribution in [1.29, 1.82) is 0 Å². The van der Waals surface area contributed by atoms with Crippen LogP contribution in [0, 0.1) is 5.82 Å². The molecule has 0 radical (unpaired) electrons. The zero-order valence-corrected chi connectivity index (χ0v) is 12.3. The van der Waals surface area contributed by atoms with Crippen LogP contribution >= 0.6 is 15.9 Å². The minimum Gasteiger partial charge on any atom is -0.329 e. The summed E-state index contributed by atoms with van der Waals surface area (Å²) in [7, 11) is 0. The van der Waals surface area contributed by atoms with E-state index in [0.29, 0.717) is 18.6 Å². The van der Waals surface area contributed by atoms with Crippen LogP contribution in [0.2, 0.25) is 0 Å². The van der Waals surface area contributed by atoms with Crippen LogP contribution in [0.3, 0.4) is 0 Å². The minimum absolute atomic E-state index is 0.187. The molecule has 0 aliphatic carbocycles. The monoisotopic (exact) mass is 314 g/mol. The van der Waals surface area contributed by atoms with Gasteiger partial charge in [0.2, 0.25) is 0 Å². The normalized spacial score (nSPS) is 25.3. The summed E-state index contributed by atoms with van der Waals surface area (Å²) in [6, 6.07) is 6.03. The summed E-state index contributed by atoms with van der Waals surface area (Å²) in [4.78, 5) is 2.41. The lowest BCUT2D eigenvalue weighted by Crippen LogP contribution is -2.48. The van der Waals surface area contributed by atoms with Crippen molar-refractivity contribution in [3.8, 4) is 0 Å². The molecule has 2 unspecified atom stereocenters. The fraction of sp³-hybridized carbons (Fsp3) is 0.571. The van der Waals surface area contributed by atoms with Gasteiger partial charge in [0.25, 0.3) is 0 Å². The standard InChI is InChI=1S/C14H20BrFN2/c1-10-3-2-4-14(8-17)18(10)9-11-5-12(15)7-13(16)6-11/h5-7,10,14H,2-4,8-9,17H2,1H3.